The summed E-state index contributed by atoms with van der Waals surface area (Å²) in [5.41, 5.74) is 3.37. The minimum absolute atomic E-state index is 0.693. The number of hydrogen-bond donors (Lipinski definition) is 0. The van der Waals surface area contributed by atoms with E-state index in [1.54, 1.807) is 0 Å². The van der Waals surface area contributed by atoms with E-state index >= 15 is 0 Å². The van der Waals surface area contributed by atoms with E-state index in [1.165, 1.54) is 5.69 Å². The molecule has 3 rings (SSSR count). The average Bonchev–Trinajstić information content (AvgIpc) is 2.49. The van der Waals surface area contributed by atoms with Crippen molar-refractivity contribution in [3.05, 3.63) is 34.1 Å². The van der Waals surface area contributed by atoms with Crippen LogP contribution in [0.1, 0.15) is 11.4 Å². The van der Waals surface area contributed by atoms with E-state index in [4.69, 9.17) is 4.74 Å². The molecule has 1 aliphatic heterocycles. The van der Waals surface area contributed by atoms with Crippen molar-refractivity contribution in [3.63, 3.8) is 0 Å². The topological polar surface area (TPSA) is 27.1 Å². The number of aryl methyl sites for hydroxylation is 1. The molecular formula is C13H13BrN2O. The van der Waals surface area contributed by atoms with Crippen LogP contribution in [0.25, 0.3) is 11.4 Å². The molecule has 0 spiro atoms. The van der Waals surface area contributed by atoms with Gasteiger partial charge in [0.15, 0.2) is 0 Å². The van der Waals surface area contributed by atoms with Crippen molar-refractivity contribution in [3.8, 4) is 17.1 Å². The molecule has 88 valence electrons. The van der Waals surface area contributed by atoms with Crippen molar-refractivity contribution in [2.75, 3.05) is 6.61 Å². The minimum atomic E-state index is 0.693. The molecule has 1 aliphatic rings. The highest BCUT2D eigenvalue weighted by atomic mass is 79.9. The van der Waals surface area contributed by atoms with Crippen LogP contribution in [0.2, 0.25) is 0 Å². The number of aromatic nitrogens is 2. The fraction of sp³-hybridized carbons (Fsp3) is 0.308. The van der Waals surface area contributed by atoms with Crippen molar-refractivity contribution < 1.29 is 4.74 Å². The predicted octanol–water partition coefficient (Wildman–Crippen LogP) is 3.32. The van der Waals surface area contributed by atoms with Crippen LogP contribution >= 0.6 is 15.9 Å². The fourth-order valence-corrected chi connectivity index (χ4v) is 2.54. The maximum atomic E-state index is 5.76. The molecule has 3 nitrogen and oxygen atoms in total. The Morgan fingerprint density at radius 2 is 2.18 bits per heavy atom. The normalized spacial score (nSPS) is 13.6. The number of halogens is 1. The molecule has 2 aromatic rings. The van der Waals surface area contributed by atoms with Crippen LogP contribution in [0.15, 0.2) is 22.7 Å². The molecule has 0 saturated carbocycles. The van der Waals surface area contributed by atoms with Gasteiger partial charge in [-0.3, -0.25) is 0 Å². The van der Waals surface area contributed by atoms with E-state index in [0.717, 1.165) is 33.8 Å². The van der Waals surface area contributed by atoms with Gasteiger partial charge in [-0.05, 0) is 32.0 Å². The first-order valence-electron chi connectivity index (χ1n) is 5.63. The molecule has 0 saturated heterocycles. The number of fused-ring (bicyclic) bond motifs is 3. The molecule has 1 aromatic heterocycles. The molecule has 0 unspecified atom stereocenters. The third-order valence-corrected chi connectivity index (χ3v) is 3.71. The second-order valence-electron chi connectivity index (χ2n) is 4.25. The monoisotopic (exact) mass is 292 g/mol. The van der Waals surface area contributed by atoms with Crippen LogP contribution in [0, 0.1) is 13.8 Å². The maximum Gasteiger partial charge on any atom is 0.144 e. The Bertz CT molecular complexity index is 589. The van der Waals surface area contributed by atoms with E-state index in [2.05, 4.69) is 45.4 Å². The zero-order chi connectivity index (χ0) is 12.0. The number of ether oxygens (including phenoxy) is 1. The third kappa shape index (κ3) is 1.67. The van der Waals surface area contributed by atoms with E-state index in [1.807, 2.05) is 12.1 Å². The summed E-state index contributed by atoms with van der Waals surface area (Å²) in [6.07, 6.45) is 0. The highest BCUT2D eigenvalue weighted by Crippen LogP contribution is 2.35. The van der Waals surface area contributed by atoms with Crippen LogP contribution in [-0.2, 0) is 6.54 Å². The molecule has 0 N–H and O–H groups in total. The van der Waals surface area contributed by atoms with Gasteiger partial charge >= 0.3 is 0 Å². The fourth-order valence-electron chi connectivity index (χ4n) is 2.18. The second kappa shape index (κ2) is 3.88. The Labute approximate surface area is 109 Å². The zero-order valence-electron chi connectivity index (χ0n) is 9.83. The van der Waals surface area contributed by atoms with Gasteiger partial charge in [-0.1, -0.05) is 15.9 Å². The molecule has 1 aromatic carbocycles. The highest BCUT2D eigenvalue weighted by molar-refractivity contribution is 9.10. The van der Waals surface area contributed by atoms with Crippen LogP contribution in [-0.4, -0.2) is 16.2 Å². The lowest BCUT2D eigenvalue weighted by Crippen LogP contribution is -2.07. The molecule has 0 fully saturated rings. The van der Waals surface area contributed by atoms with Crippen LogP contribution in [0.5, 0.6) is 5.75 Å². The average molecular weight is 293 g/mol. The Morgan fingerprint density at radius 1 is 1.35 bits per heavy atom. The summed E-state index contributed by atoms with van der Waals surface area (Å²) in [5, 5.41) is 0. The Morgan fingerprint density at radius 3 is 3.00 bits per heavy atom. The molecule has 0 aliphatic carbocycles. The van der Waals surface area contributed by atoms with E-state index in [0.29, 0.717) is 6.61 Å². The molecule has 0 atom stereocenters. The van der Waals surface area contributed by atoms with Crippen molar-refractivity contribution >= 4 is 15.9 Å². The standard InChI is InChI=1S/C13H13BrN2O/c1-8-9(2)16-5-6-17-12-4-3-10(14)7-11(12)13(16)15-8/h3-4,7H,5-6H2,1-2H3. The van der Waals surface area contributed by atoms with Crippen LogP contribution in [0.4, 0.5) is 0 Å². The summed E-state index contributed by atoms with van der Waals surface area (Å²) in [5.74, 6) is 1.92. The second-order valence-corrected chi connectivity index (χ2v) is 5.16. The summed E-state index contributed by atoms with van der Waals surface area (Å²) in [6.45, 7) is 5.71. The van der Waals surface area contributed by atoms with Crippen molar-refractivity contribution in [2.24, 2.45) is 0 Å². The highest BCUT2D eigenvalue weighted by Gasteiger charge is 2.19. The van der Waals surface area contributed by atoms with E-state index < -0.39 is 0 Å². The van der Waals surface area contributed by atoms with Gasteiger partial charge in [0.1, 0.15) is 18.2 Å². The first-order chi connectivity index (χ1) is 8.16. The first kappa shape index (κ1) is 10.8. The molecule has 0 amide bonds. The quantitative estimate of drug-likeness (QED) is 0.745. The number of nitrogens with zero attached hydrogens (tertiary/aromatic N) is 2. The molecular weight excluding hydrogens is 280 g/mol. The van der Waals surface area contributed by atoms with E-state index in [-0.39, 0.29) is 0 Å². The lowest BCUT2D eigenvalue weighted by Gasteiger charge is -2.06. The van der Waals surface area contributed by atoms with Crippen LogP contribution < -0.4 is 4.74 Å². The summed E-state index contributed by atoms with van der Waals surface area (Å²) in [6, 6.07) is 6.06. The summed E-state index contributed by atoms with van der Waals surface area (Å²) in [4.78, 5) is 4.66. The minimum Gasteiger partial charge on any atom is -0.491 e. The van der Waals surface area contributed by atoms with Crippen molar-refractivity contribution in [1.29, 1.82) is 0 Å². The number of imidazole rings is 1. The molecule has 0 radical (unpaired) electrons. The Balaban J connectivity index is 2.30. The SMILES string of the molecule is Cc1nc2n(c1C)CCOc1ccc(Br)cc1-2. The van der Waals surface area contributed by atoms with Gasteiger partial charge in [0.05, 0.1) is 17.8 Å². The van der Waals surface area contributed by atoms with Gasteiger partial charge in [0.25, 0.3) is 0 Å². The lowest BCUT2D eigenvalue weighted by molar-refractivity contribution is 0.305. The number of benzene rings is 1. The Hall–Kier alpha value is -1.29. The largest absolute Gasteiger partial charge is 0.491 e. The molecule has 0 bridgehead atoms. The third-order valence-electron chi connectivity index (χ3n) is 3.21. The van der Waals surface area contributed by atoms with Crippen molar-refractivity contribution in [2.45, 2.75) is 20.4 Å². The predicted molar refractivity (Wildman–Crippen MR) is 70.3 cm³/mol. The van der Waals surface area contributed by atoms with Gasteiger partial charge in [-0.25, -0.2) is 4.98 Å². The van der Waals surface area contributed by atoms with Gasteiger partial charge in [0, 0.05) is 10.2 Å². The number of rotatable bonds is 0. The smallest absolute Gasteiger partial charge is 0.144 e. The summed E-state index contributed by atoms with van der Waals surface area (Å²) >= 11 is 3.50. The number of hydrogen-bond acceptors (Lipinski definition) is 2. The molecule has 2 heterocycles. The van der Waals surface area contributed by atoms with Gasteiger partial charge < -0.3 is 9.30 Å². The van der Waals surface area contributed by atoms with Crippen molar-refractivity contribution in [1.82, 2.24) is 9.55 Å². The van der Waals surface area contributed by atoms with Gasteiger partial charge in [0.2, 0.25) is 0 Å². The summed E-state index contributed by atoms with van der Waals surface area (Å²) in [7, 11) is 0. The maximum absolute atomic E-state index is 5.76. The molecule has 17 heavy (non-hydrogen) atoms. The van der Waals surface area contributed by atoms with Crippen LogP contribution in [0.3, 0.4) is 0 Å². The first-order valence-corrected chi connectivity index (χ1v) is 6.42. The van der Waals surface area contributed by atoms with E-state index in [9.17, 15) is 0 Å². The van der Waals surface area contributed by atoms with Gasteiger partial charge in [-0.15, -0.1) is 0 Å². The lowest BCUT2D eigenvalue weighted by atomic mass is 10.2. The Kier molecular flexibility index (Phi) is 2.47. The zero-order valence-corrected chi connectivity index (χ0v) is 11.4. The van der Waals surface area contributed by atoms with Gasteiger partial charge in [-0.2, -0.15) is 0 Å². The molecule has 4 heteroatoms. The summed E-state index contributed by atoms with van der Waals surface area (Å²) < 4.78 is 9.04.